The molecule has 0 saturated carbocycles. The zero-order chi connectivity index (χ0) is 13.8. The maximum atomic E-state index is 11.4. The predicted molar refractivity (Wildman–Crippen MR) is 72.0 cm³/mol. The van der Waals surface area contributed by atoms with Gasteiger partial charge in [0.1, 0.15) is 0 Å². The lowest BCUT2D eigenvalue weighted by Gasteiger charge is -2.34. The zero-order valence-electron chi connectivity index (χ0n) is 11.5. The minimum Gasteiger partial charge on any atom is -0.294 e. The van der Waals surface area contributed by atoms with Crippen LogP contribution in [0.15, 0.2) is 12.3 Å². The minimum absolute atomic E-state index is 0.414. The molecule has 1 aromatic rings. The van der Waals surface area contributed by atoms with E-state index in [4.69, 9.17) is 5.21 Å². The summed E-state index contributed by atoms with van der Waals surface area (Å²) < 4.78 is 0. The molecule has 0 atom stereocenters. The minimum atomic E-state index is -0.502. The molecule has 1 amide bonds. The van der Waals surface area contributed by atoms with Crippen molar-refractivity contribution in [1.82, 2.24) is 15.4 Å². The Morgan fingerprint density at radius 1 is 1.53 bits per heavy atom. The van der Waals surface area contributed by atoms with Gasteiger partial charge in [-0.1, -0.05) is 13.8 Å². The molecule has 2 rings (SSSR count). The fourth-order valence-electron chi connectivity index (χ4n) is 2.74. The Morgan fingerprint density at radius 2 is 2.26 bits per heavy atom. The third-order valence-corrected chi connectivity index (χ3v) is 3.90. The van der Waals surface area contributed by atoms with Crippen LogP contribution in [0.4, 0.5) is 0 Å². The second kappa shape index (κ2) is 6.12. The molecule has 0 bridgehead atoms. The predicted octanol–water partition coefficient (Wildman–Crippen LogP) is 1.75. The summed E-state index contributed by atoms with van der Waals surface area (Å²) in [6.07, 6.45) is 4.74. The average Bonchev–Trinajstić information content (AvgIpc) is 2.47. The summed E-state index contributed by atoms with van der Waals surface area (Å²) in [6, 6.07) is 2.44. The molecule has 0 fully saturated rings. The van der Waals surface area contributed by atoms with Gasteiger partial charge < -0.3 is 0 Å². The number of carbonyl (C=O) groups is 1. The Hall–Kier alpha value is -1.46. The third kappa shape index (κ3) is 2.93. The quantitative estimate of drug-likeness (QED) is 0.641. The smallest absolute Gasteiger partial charge is 0.276 e. The average molecular weight is 263 g/mol. The Balaban J connectivity index is 2.16. The molecule has 0 spiro atoms. The van der Waals surface area contributed by atoms with Crippen LogP contribution in [0, 0.1) is 0 Å². The van der Waals surface area contributed by atoms with Crippen molar-refractivity contribution >= 4 is 5.91 Å². The van der Waals surface area contributed by atoms with Crippen LogP contribution in [-0.2, 0) is 13.0 Å². The van der Waals surface area contributed by atoms with Crippen molar-refractivity contribution in [3.8, 4) is 0 Å². The first-order valence-electron chi connectivity index (χ1n) is 6.85. The fourth-order valence-corrected chi connectivity index (χ4v) is 2.74. The topological polar surface area (TPSA) is 65.5 Å². The molecular weight excluding hydrogens is 242 g/mol. The van der Waals surface area contributed by atoms with Crippen molar-refractivity contribution in [2.75, 3.05) is 6.54 Å². The van der Waals surface area contributed by atoms with Gasteiger partial charge in [0, 0.05) is 25.3 Å². The van der Waals surface area contributed by atoms with E-state index in [9.17, 15) is 4.79 Å². The lowest BCUT2D eigenvalue weighted by atomic mass is 10.00. The summed E-state index contributed by atoms with van der Waals surface area (Å²) in [6.45, 7) is 6.28. The number of hydroxylamine groups is 1. The normalized spacial score (nSPS) is 15.4. The number of hydrogen-bond acceptors (Lipinski definition) is 4. The molecule has 5 nitrogen and oxygen atoms in total. The summed E-state index contributed by atoms with van der Waals surface area (Å²) in [5.74, 6) is -0.502. The van der Waals surface area contributed by atoms with Crippen LogP contribution in [0.25, 0.3) is 0 Å². The largest absolute Gasteiger partial charge is 0.294 e. The highest BCUT2D eigenvalue weighted by atomic mass is 16.5. The molecule has 1 aliphatic heterocycles. The van der Waals surface area contributed by atoms with E-state index in [2.05, 4.69) is 23.7 Å². The van der Waals surface area contributed by atoms with E-state index in [-0.39, 0.29) is 0 Å². The summed E-state index contributed by atoms with van der Waals surface area (Å²) in [7, 11) is 0. The van der Waals surface area contributed by atoms with Crippen LogP contribution < -0.4 is 5.48 Å². The van der Waals surface area contributed by atoms with Crippen LogP contribution in [0.2, 0.25) is 0 Å². The summed E-state index contributed by atoms with van der Waals surface area (Å²) in [4.78, 5) is 18.2. The molecule has 0 saturated heterocycles. The van der Waals surface area contributed by atoms with Crippen molar-refractivity contribution < 1.29 is 10.0 Å². The molecule has 2 heterocycles. The van der Waals surface area contributed by atoms with Crippen molar-refractivity contribution in [2.45, 2.75) is 45.7 Å². The molecule has 19 heavy (non-hydrogen) atoms. The highest BCUT2D eigenvalue weighted by Crippen LogP contribution is 2.22. The highest BCUT2D eigenvalue weighted by Gasteiger charge is 2.23. The molecule has 1 aliphatic rings. The maximum Gasteiger partial charge on any atom is 0.276 e. The van der Waals surface area contributed by atoms with Gasteiger partial charge in [-0.05, 0) is 30.9 Å². The Labute approximate surface area is 113 Å². The van der Waals surface area contributed by atoms with E-state index in [0.29, 0.717) is 11.6 Å². The van der Waals surface area contributed by atoms with Crippen molar-refractivity contribution in [2.24, 2.45) is 0 Å². The molecule has 5 heteroatoms. The zero-order valence-corrected chi connectivity index (χ0v) is 11.5. The lowest BCUT2D eigenvalue weighted by molar-refractivity contribution is 0.0705. The number of nitrogens with zero attached hydrogens (tertiary/aromatic N) is 2. The third-order valence-electron chi connectivity index (χ3n) is 3.90. The first-order valence-corrected chi connectivity index (χ1v) is 6.85. The van der Waals surface area contributed by atoms with Crippen LogP contribution >= 0.6 is 0 Å². The number of amides is 1. The molecule has 104 valence electrons. The van der Waals surface area contributed by atoms with E-state index in [0.717, 1.165) is 43.6 Å². The Morgan fingerprint density at radius 3 is 2.89 bits per heavy atom. The van der Waals surface area contributed by atoms with Gasteiger partial charge >= 0.3 is 0 Å². The van der Waals surface area contributed by atoms with E-state index >= 15 is 0 Å². The fraction of sp³-hybridized carbons (Fsp3) is 0.571. The Kier molecular flexibility index (Phi) is 4.50. The van der Waals surface area contributed by atoms with Gasteiger partial charge in [0.25, 0.3) is 5.91 Å². The van der Waals surface area contributed by atoms with Crippen LogP contribution in [-0.4, -0.2) is 33.6 Å². The number of nitrogens with one attached hydrogen (secondary N) is 1. The van der Waals surface area contributed by atoms with Gasteiger partial charge in [-0.25, -0.2) is 5.48 Å². The van der Waals surface area contributed by atoms with Gasteiger partial charge in [-0.2, -0.15) is 0 Å². The molecule has 2 N–H and O–H groups in total. The molecule has 0 aromatic carbocycles. The number of hydrogen-bond donors (Lipinski definition) is 2. The lowest BCUT2D eigenvalue weighted by Crippen LogP contribution is -2.39. The monoisotopic (exact) mass is 263 g/mol. The number of carbonyl (C=O) groups excluding carboxylic acids is 1. The second-order valence-electron chi connectivity index (χ2n) is 4.96. The van der Waals surface area contributed by atoms with E-state index < -0.39 is 5.91 Å². The van der Waals surface area contributed by atoms with Crippen molar-refractivity contribution in [3.05, 3.63) is 29.1 Å². The van der Waals surface area contributed by atoms with Gasteiger partial charge in [-0.15, -0.1) is 0 Å². The number of aromatic nitrogens is 1. The molecule has 0 unspecified atom stereocenters. The number of fused-ring (bicyclic) bond motifs is 1. The summed E-state index contributed by atoms with van der Waals surface area (Å²) >= 11 is 0. The van der Waals surface area contributed by atoms with Gasteiger partial charge in [0.15, 0.2) is 0 Å². The van der Waals surface area contributed by atoms with E-state index in [1.165, 1.54) is 6.20 Å². The second-order valence-corrected chi connectivity index (χ2v) is 4.96. The molecule has 1 aromatic heterocycles. The van der Waals surface area contributed by atoms with Crippen molar-refractivity contribution in [1.29, 1.82) is 0 Å². The van der Waals surface area contributed by atoms with Gasteiger partial charge in [0.05, 0.1) is 11.3 Å². The summed E-state index contributed by atoms with van der Waals surface area (Å²) in [5.41, 5.74) is 4.22. The van der Waals surface area contributed by atoms with E-state index in [1.54, 1.807) is 5.48 Å². The van der Waals surface area contributed by atoms with Gasteiger partial charge in [0.2, 0.25) is 0 Å². The van der Waals surface area contributed by atoms with Crippen LogP contribution in [0.3, 0.4) is 0 Å². The van der Waals surface area contributed by atoms with Crippen molar-refractivity contribution in [3.63, 3.8) is 0 Å². The summed E-state index contributed by atoms with van der Waals surface area (Å²) in [5, 5.41) is 8.64. The maximum absolute atomic E-state index is 11.4. The number of rotatable bonds is 4. The van der Waals surface area contributed by atoms with Crippen LogP contribution in [0.1, 0.15) is 48.3 Å². The molecular formula is C14H21N3O2. The van der Waals surface area contributed by atoms with E-state index in [1.807, 2.05) is 6.07 Å². The Bertz CT molecular complexity index is 458. The molecule has 0 radical (unpaired) electrons. The van der Waals surface area contributed by atoms with Crippen LogP contribution in [0.5, 0.6) is 0 Å². The number of pyridine rings is 1. The first kappa shape index (κ1) is 14.0. The standard InChI is InChI=1S/C14H21N3O2/c1-3-12(4-2)17-6-5-10-7-11(14(18)16-19)8-15-13(10)9-17/h7-8,12,19H,3-6,9H2,1-2H3,(H,16,18). The first-order chi connectivity index (χ1) is 9.19. The SMILES string of the molecule is CCC(CC)N1CCc2cc(C(=O)NO)cnc2C1. The highest BCUT2D eigenvalue weighted by molar-refractivity contribution is 5.93. The molecule has 0 aliphatic carbocycles. The van der Waals surface area contributed by atoms with Gasteiger partial charge in [-0.3, -0.25) is 19.9 Å².